The van der Waals surface area contributed by atoms with Gasteiger partial charge in [-0.15, -0.1) is 0 Å². The zero-order valence-corrected chi connectivity index (χ0v) is 11.7. The molecule has 1 aliphatic rings. The van der Waals surface area contributed by atoms with Crippen LogP contribution >= 0.6 is 12.2 Å². The van der Waals surface area contributed by atoms with E-state index in [1.807, 2.05) is 0 Å². The Morgan fingerprint density at radius 2 is 2.29 bits per heavy atom. The lowest BCUT2D eigenvalue weighted by Crippen LogP contribution is -2.33. The molecule has 0 unspecified atom stereocenters. The van der Waals surface area contributed by atoms with Crippen molar-refractivity contribution in [2.45, 2.75) is 24.5 Å². The Balaban J connectivity index is 2.03. The number of aliphatic hydroxyl groups is 2. The van der Waals surface area contributed by atoms with E-state index < -0.39 is 30.6 Å². The number of hydrogen-bond donors (Lipinski definition) is 3. The molecule has 3 heterocycles. The highest BCUT2D eigenvalue weighted by molar-refractivity contribution is 7.71. The Labute approximate surface area is 123 Å². The summed E-state index contributed by atoms with van der Waals surface area (Å²) in [7, 11) is 1.46. The summed E-state index contributed by atoms with van der Waals surface area (Å²) in [5, 5.41) is 20.0. The number of hydrogen-bond acceptors (Lipinski definition) is 7. The maximum Gasteiger partial charge on any atom is 0.289 e. The minimum atomic E-state index is -1.21. The van der Waals surface area contributed by atoms with E-state index in [4.69, 9.17) is 21.7 Å². The van der Waals surface area contributed by atoms with Crippen LogP contribution in [0.25, 0.3) is 11.2 Å². The van der Waals surface area contributed by atoms with E-state index in [1.165, 1.54) is 18.0 Å². The SMILES string of the molecule is COC[C@H]1O[C@@H](n2cnc3c(=S)nc(F)[nH]c32)[C@H](O)[C@@H]1O. The summed E-state index contributed by atoms with van der Waals surface area (Å²) in [4.78, 5) is 9.88. The predicted molar refractivity (Wildman–Crippen MR) is 70.5 cm³/mol. The van der Waals surface area contributed by atoms with Crippen LogP contribution in [0.4, 0.5) is 4.39 Å². The highest BCUT2D eigenvalue weighted by Crippen LogP contribution is 2.31. The normalized spacial score (nSPS) is 29.3. The monoisotopic (exact) mass is 316 g/mol. The zero-order valence-electron chi connectivity index (χ0n) is 10.9. The standard InChI is InChI=1S/C11H13FN4O4S/c1-19-2-4-6(17)7(18)10(20-4)16-3-13-5-8(16)14-11(12)15-9(5)21/h3-4,6-7,10,17-18H,2H2,1H3,(H,14,15,21)/t4-,6-,7-,10-/m1/s1. The molecule has 1 aliphatic heterocycles. The largest absolute Gasteiger partial charge is 0.387 e. The van der Waals surface area contributed by atoms with Crippen LogP contribution in [0.1, 0.15) is 6.23 Å². The fraction of sp³-hybridized carbons (Fsp3) is 0.545. The maximum absolute atomic E-state index is 13.4. The molecule has 3 N–H and O–H groups in total. The third-order valence-corrected chi connectivity index (χ3v) is 3.64. The number of fused-ring (bicyclic) bond motifs is 1. The van der Waals surface area contributed by atoms with Crippen molar-refractivity contribution in [2.75, 3.05) is 13.7 Å². The van der Waals surface area contributed by atoms with E-state index in [2.05, 4.69) is 15.0 Å². The first-order valence-electron chi connectivity index (χ1n) is 6.16. The molecule has 0 saturated carbocycles. The third-order valence-electron chi connectivity index (χ3n) is 3.36. The fourth-order valence-electron chi connectivity index (χ4n) is 2.36. The first-order chi connectivity index (χ1) is 10.0. The van der Waals surface area contributed by atoms with Gasteiger partial charge in [-0.3, -0.25) is 9.55 Å². The molecule has 4 atom stereocenters. The number of methoxy groups -OCH3 is 1. The molecular formula is C11H13FN4O4S. The fourth-order valence-corrected chi connectivity index (χ4v) is 2.59. The van der Waals surface area contributed by atoms with Crippen LogP contribution in [0.2, 0.25) is 0 Å². The average Bonchev–Trinajstić information content (AvgIpc) is 2.96. The Hall–Kier alpha value is -1.46. The molecule has 1 fully saturated rings. The summed E-state index contributed by atoms with van der Waals surface area (Å²) < 4.78 is 25.2. The first kappa shape index (κ1) is 14.5. The molecule has 0 aliphatic carbocycles. The van der Waals surface area contributed by atoms with Gasteiger partial charge in [0.15, 0.2) is 10.9 Å². The van der Waals surface area contributed by atoms with Crippen molar-refractivity contribution in [1.29, 1.82) is 0 Å². The summed E-state index contributed by atoms with van der Waals surface area (Å²) in [6.45, 7) is 0.118. The minimum absolute atomic E-state index is 0.00137. The van der Waals surface area contributed by atoms with E-state index >= 15 is 0 Å². The Morgan fingerprint density at radius 1 is 1.52 bits per heavy atom. The second-order valence-corrected chi connectivity index (χ2v) is 5.07. The average molecular weight is 316 g/mol. The molecule has 2 aromatic rings. The number of nitrogens with zero attached hydrogens (tertiary/aromatic N) is 3. The molecule has 1 saturated heterocycles. The van der Waals surface area contributed by atoms with E-state index in [9.17, 15) is 14.6 Å². The molecule has 0 aromatic carbocycles. The van der Waals surface area contributed by atoms with Gasteiger partial charge in [-0.25, -0.2) is 4.98 Å². The number of nitrogens with one attached hydrogen (secondary N) is 1. The number of H-pyrrole nitrogens is 1. The van der Waals surface area contributed by atoms with Crippen LogP contribution in [0.15, 0.2) is 6.33 Å². The smallest absolute Gasteiger partial charge is 0.289 e. The van der Waals surface area contributed by atoms with Crippen molar-refractivity contribution in [2.24, 2.45) is 0 Å². The van der Waals surface area contributed by atoms with Gasteiger partial charge in [-0.2, -0.15) is 9.37 Å². The van der Waals surface area contributed by atoms with Crippen molar-refractivity contribution < 1.29 is 24.1 Å². The summed E-state index contributed by atoms with van der Waals surface area (Å²) >= 11 is 4.93. The molecule has 114 valence electrons. The molecular weight excluding hydrogens is 303 g/mol. The molecule has 2 aromatic heterocycles. The molecule has 0 amide bonds. The van der Waals surface area contributed by atoms with Gasteiger partial charge in [0.1, 0.15) is 29.5 Å². The Morgan fingerprint density at radius 3 is 3.00 bits per heavy atom. The van der Waals surface area contributed by atoms with Gasteiger partial charge in [-0.1, -0.05) is 12.2 Å². The van der Waals surface area contributed by atoms with Crippen LogP contribution in [0.5, 0.6) is 0 Å². The highest BCUT2D eigenvalue weighted by Gasteiger charge is 2.44. The molecule has 0 radical (unpaired) electrons. The number of halogens is 1. The summed E-state index contributed by atoms with van der Waals surface area (Å²) in [6.07, 6.45) is -3.48. The molecule has 0 bridgehead atoms. The number of aliphatic hydroxyl groups excluding tert-OH is 2. The van der Waals surface area contributed by atoms with E-state index in [-0.39, 0.29) is 22.4 Å². The van der Waals surface area contributed by atoms with Gasteiger partial charge in [0, 0.05) is 7.11 Å². The van der Waals surface area contributed by atoms with Crippen LogP contribution in [-0.2, 0) is 9.47 Å². The highest BCUT2D eigenvalue weighted by atomic mass is 32.1. The number of imidazole rings is 1. The molecule has 0 spiro atoms. The van der Waals surface area contributed by atoms with Gasteiger partial charge < -0.3 is 19.7 Å². The number of aromatic nitrogens is 4. The van der Waals surface area contributed by atoms with E-state index in [0.29, 0.717) is 0 Å². The molecule has 8 nitrogen and oxygen atoms in total. The van der Waals surface area contributed by atoms with Crippen LogP contribution in [0.3, 0.4) is 0 Å². The van der Waals surface area contributed by atoms with Crippen LogP contribution < -0.4 is 0 Å². The minimum Gasteiger partial charge on any atom is -0.387 e. The molecule has 10 heteroatoms. The van der Waals surface area contributed by atoms with Gasteiger partial charge in [-0.05, 0) is 0 Å². The maximum atomic E-state index is 13.4. The summed E-state index contributed by atoms with van der Waals surface area (Å²) in [5.41, 5.74) is 0.508. The second kappa shape index (κ2) is 5.39. The third kappa shape index (κ3) is 2.34. The number of rotatable bonds is 3. The van der Waals surface area contributed by atoms with Crippen molar-refractivity contribution in [3.8, 4) is 0 Å². The number of aromatic amines is 1. The lowest BCUT2D eigenvalue weighted by molar-refractivity contribution is -0.0580. The number of ether oxygens (including phenoxy) is 2. The van der Waals surface area contributed by atoms with Gasteiger partial charge >= 0.3 is 0 Å². The summed E-state index contributed by atoms with van der Waals surface area (Å²) in [6, 6.07) is 0. The van der Waals surface area contributed by atoms with E-state index in [1.54, 1.807) is 0 Å². The van der Waals surface area contributed by atoms with Crippen molar-refractivity contribution in [1.82, 2.24) is 19.5 Å². The van der Waals surface area contributed by atoms with Gasteiger partial charge in [0.25, 0.3) is 6.08 Å². The quantitative estimate of drug-likeness (QED) is 0.536. The zero-order chi connectivity index (χ0) is 15.1. The van der Waals surface area contributed by atoms with Crippen LogP contribution in [-0.4, -0.2) is 61.8 Å². The van der Waals surface area contributed by atoms with E-state index in [0.717, 1.165) is 0 Å². The first-order valence-corrected chi connectivity index (χ1v) is 6.56. The predicted octanol–water partition coefficient (Wildman–Crippen LogP) is -0.106. The van der Waals surface area contributed by atoms with Crippen molar-refractivity contribution in [3.05, 3.63) is 17.0 Å². The van der Waals surface area contributed by atoms with Gasteiger partial charge in [0.05, 0.1) is 12.9 Å². The second-order valence-electron chi connectivity index (χ2n) is 4.68. The Bertz CT molecular complexity index is 720. The van der Waals surface area contributed by atoms with Crippen LogP contribution in [0, 0.1) is 10.7 Å². The summed E-state index contributed by atoms with van der Waals surface area (Å²) in [5.74, 6) is 0. The topological polar surface area (TPSA) is 105 Å². The Kier molecular flexibility index (Phi) is 3.71. The van der Waals surface area contributed by atoms with Crippen molar-refractivity contribution >= 4 is 23.4 Å². The lowest BCUT2D eigenvalue weighted by Gasteiger charge is -2.16. The molecule has 3 rings (SSSR count). The van der Waals surface area contributed by atoms with Gasteiger partial charge in [0.2, 0.25) is 0 Å². The molecule has 21 heavy (non-hydrogen) atoms. The van der Waals surface area contributed by atoms with Crippen molar-refractivity contribution in [3.63, 3.8) is 0 Å². The lowest BCUT2D eigenvalue weighted by atomic mass is 10.1.